The first-order valence-electron chi connectivity index (χ1n) is 7.32. The van der Waals surface area contributed by atoms with Crippen LogP contribution in [0.2, 0.25) is 5.02 Å². The van der Waals surface area contributed by atoms with Crippen LogP contribution in [0.3, 0.4) is 0 Å². The number of rotatable bonds is 8. The lowest BCUT2D eigenvalue weighted by Gasteiger charge is -2.11. The largest absolute Gasteiger partial charge is 0.489 e. The molecule has 1 heterocycles. The van der Waals surface area contributed by atoms with Crippen LogP contribution >= 0.6 is 11.6 Å². The van der Waals surface area contributed by atoms with E-state index >= 15 is 0 Å². The topological polar surface area (TPSA) is 87.7 Å². The number of aliphatic hydroxyl groups excluding tert-OH is 1. The smallest absolute Gasteiger partial charge is 0.265 e. The number of aryl methyl sites for hydroxylation is 1. The molecule has 1 aromatic heterocycles. The van der Waals surface area contributed by atoms with Crippen LogP contribution in [0.5, 0.6) is 5.75 Å². The first-order chi connectivity index (χ1) is 11.3. The second kappa shape index (κ2) is 8.43. The zero-order valence-electron chi connectivity index (χ0n) is 12.9. The van der Waals surface area contributed by atoms with E-state index in [0.717, 1.165) is 5.56 Å². The van der Waals surface area contributed by atoms with Crippen molar-refractivity contribution >= 4 is 21.7 Å². The number of aromatic nitrogens is 1. The lowest BCUT2D eigenvalue weighted by Crippen LogP contribution is -2.41. The van der Waals surface area contributed by atoms with Gasteiger partial charge in [-0.15, -0.1) is 0 Å². The van der Waals surface area contributed by atoms with Gasteiger partial charge in [-0.3, -0.25) is 4.55 Å². The maximum absolute atomic E-state index is 10.7. The van der Waals surface area contributed by atoms with Gasteiger partial charge in [-0.2, -0.15) is 8.42 Å². The van der Waals surface area contributed by atoms with E-state index in [0.29, 0.717) is 17.3 Å². The Morgan fingerprint density at radius 3 is 2.46 bits per heavy atom. The molecule has 130 valence electrons. The standard InChI is InChI=1S/C16H18ClNO5S/c17-15-3-1-2-4-16(15)23-12-14(19)11-18-8-5-13(6-9-18)7-10-24(20,21)22/h1-6,8-9,14,19H,7,10-12H2/p+1. The third kappa shape index (κ3) is 6.45. The van der Waals surface area contributed by atoms with Gasteiger partial charge in [0.15, 0.2) is 18.9 Å². The third-order valence-electron chi connectivity index (χ3n) is 3.30. The van der Waals surface area contributed by atoms with E-state index in [2.05, 4.69) is 0 Å². The zero-order valence-corrected chi connectivity index (χ0v) is 14.4. The molecule has 6 nitrogen and oxygen atoms in total. The predicted molar refractivity (Wildman–Crippen MR) is 89.7 cm³/mol. The Kier molecular flexibility index (Phi) is 6.56. The predicted octanol–water partition coefficient (Wildman–Crippen LogP) is 1.50. The highest BCUT2D eigenvalue weighted by molar-refractivity contribution is 7.85. The van der Waals surface area contributed by atoms with E-state index < -0.39 is 16.2 Å². The van der Waals surface area contributed by atoms with E-state index in [1.807, 2.05) is 0 Å². The summed E-state index contributed by atoms with van der Waals surface area (Å²) in [6.07, 6.45) is 2.98. The van der Waals surface area contributed by atoms with Crippen LogP contribution in [0, 0.1) is 0 Å². The average Bonchev–Trinajstić information content (AvgIpc) is 2.53. The Morgan fingerprint density at radius 1 is 1.17 bits per heavy atom. The molecule has 1 atom stereocenters. The van der Waals surface area contributed by atoms with Gasteiger partial charge in [0, 0.05) is 12.1 Å². The summed E-state index contributed by atoms with van der Waals surface area (Å²) in [6.45, 7) is 0.421. The molecule has 1 unspecified atom stereocenters. The molecule has 0 radical (unpaired) electrons. The molecular formula is C16H19ClNO5S+. The summed E-state index contributed by atoms with van der Waals surface area (Å²) >= 11 is 5.97. The summed E-state index contributed by atoms with van der Waals surface area (Å²) in [6, 6.07) is 10.5. The molecule has 0 saturated heterocycles. The fourth-order valence-corrected chi connectivity index (χ4v) is 2.75. The first-order valence-corrected chi connectivity index (χ1v) is 9.31. The Hall–Kier alpha value is -1.67. The molecule has 0 aliphatic heterocycles. The number of hydrogen-bond acceptors (Lipinski definition) is 4. The lowest BCUT2D eigenvalue weighted by molar-refractivity contribution is -0.703. The van der Waals surface area contributed by atoms with Crippen LogP contribution in [0.4, 0.5) is 0 Å². The number of para-hydroxylation sites is 1. The molecule has 1 aromatic carbocycles. The number of halogens is 1. The van der Waals surface area contributed by atoms with Gasteiger partial charge in [0.25, 0.3) is 10.1 Å². The first kappa shape index (κ1) is 18.7. The number of benzene rings is 1. The molecule has 2 rings (SSSR count). The second-order valence-corrected chi connectivity index (χ2v) is 7.31. The van der Waals surface area contributed by atoms with E-state index in [4.69, 9.17) is 20.9 Å². The normalized spacial score (nSPS) is 12.8. The van der Waals surface area contributed by atoms with Gasteiger partial charge in [-0.05, 0) is 24.1 Å². The number of aliphatic hydroxyl groups is 1. The van der Waals surface area contributed by atoms with Crippen molar-refractivity contribution in [3.63, 3.8) is 0 Å². The highest BCUT2D eigenvalue weighted by atomic mass is 35.5. The van der Waals surface area contributed by atoms with Gasteiger partial charge in [-0.25, -0.2) is 4.57 Å². The highest BCUT2D eigenvalue weighted by Gasteiger charge is 2.13. The van der Waals surface area contributed by atoms with Crippen molar-refractivity contribution < 1.29 is 27.4 Å². The summed E-state index contributed by atoms with van der Waals surface area (Å²) in [7, 11) is -3.96. The molecule has 0 spiro atoms. The van der Waals surface area contributed by atoms with Gasteiger partial charge in [-0.1, -0.05) is 23.7 Å². The molecular weight excluding hydrogens is 354 g/mol. The summed E-state index contributed by atoms with van der Waals surface area (Å²) in [5.41, 5.74) is 0.783. The maximum atomic E-state index is 10.7. The average molecular weight is 373 g/mol. The fraction of sp³-hybridized carbons (Fsp3) is 0.312. The van der Waals surface area contributed by atoms with Crippen LogP contribution in [-0.2, 0) is 23.1 Å². The molecule has 0 bridgehead atoms. The monoisotopic (exact) mass is 372 g/mol. The summed E-state index contributed by atoms with van der Waals surface area (Å²) in [5.74, 6) is 0.203. The van der Waals surface area contributed by atoms with E-state index in [-0.39, 0.29) is 18.8 Å². The Morgan fingerprint density at radius 2 is 1.83 bits per heavy atom. The molecule has 0 saturated carbocycles. The quantitative estimate of drug-likeness (QED) is 0.541. The van der Waals surface area contributed by atoms with Crippen LogP contribution in [0.25, 0.3) is 0 Å². The Balaban J connectivity index is 1.83. The van der Waals surface area contributed by atoms with E-state index in [1.54, 1.807) is 53.4 Å². The van der Waals surface area contributed by atoms with Crippen molar-refractivity contribution in [2.24, 2.45) is 0 Å². The van der Waals surface area contributed by atoms with Gasteiger partial charge in [0.2, 0.25) is 0 Å². The van der Waals surface area contributed by atoms with Gasteiger partial charge < -0.3 is 9.84 Å². The number of ether oxygens (including phenoxy) is 1. The van der Waals surface area contributed by atoms with E-state index in [1.165, 1.54) is 0 Å². The number of pyridine rings is 1. The Labute approximate surface area is 146 Å². The van der Waals surface area contributed by atoms with Crippen LogP contribution in [0.15, 0.2) is 48.8 Å². The minimum absolute atomic E-state index is 0.0985. The van der Waals surface area contributed by atoms with Crippen molar-refractivity contribution in [2.75, 3.05) is 12.4 Å². The highest BCUT2D eigenvalue weighted by Crippen LogP contribution is 2.23. The molecule has 0 aliphatic rings. The Bertz CT molecular complexity index is 764. The van der Waals surface area contributed by atoms with Crippen molar-refractivity contribution in [2.45, 2.75) is 19.1 Å². The van der Waals surface area contributed by atoms with Crippen molar-refractivity contribution in [1.29, 1.82) is 0 Å². The summed E-state index contributed by atoms with van der Waals surface area (Å²) in [5, 5.41) is 10.5. The molecule has 0 aliphatic carbocycles. The van der Waals surface area contributed by atoms with Gasteiger partial charge in [0.05, 0.1) is 10.8 Å². The zero-order chi connectivity index (χ0) is 17.6. The van der Waals surface area contributed by atoms with Crippen LogP contribution < -0.4 is 9.30 Å². The second-order valence-electron chi connectivity index (χ2n) is 5.33. The molecule has 8 heteroatoms. The maximum Gasteiger partial charge on any atom is 0.265 e. The lowest BCUT2D eigenvalue weighted by atomic mass is 10.2. The number of hydrogen-bond donors (Lipinski definition) is 2. The molecule has 24 heavy (non-hydrogen) atoms. The molecule has 2 N–H and O–H groups in total. The molecule has 2 aromatic rings. The van der Waals surface area contributed by atoms with Gasteiger partial charge in [0.1, 0.15) is 18.5 Å². The van der Waals surface area contributed by atoms with Crippen molar-refractivity contribution in [3.05, 3.63) is 59.4 Å². The summed E-state index contributed by atoms with van der Waals surface area (Å²) in [4.78, 5) is 0. The molecule has 0 amide bonds. The fourth-order valence-electron chi connectivity index (χ4n) is 2.07. The number of nitrogens with zero attached hydrogens (tertiary/aromatic N) is 1. The van der Waals surface area contributed by atoms with Crippen LogP contribution in [-0.4, -0.2) is 36.5 Å². The third-order valence-corrected chi connectivity index (χ3v) is 4.33. The van der Waals surface area contributed by atoms with E-state index in [9.17, 15) is 13.5 Å². The SMILES string of the molecule is O=S(=O)(O)CCc1cc[n+](CC(O)COc2ccccc2Cl)cc1. The van der Waals surface area contributed by atoms with Crippen molar-refractivity contribution in [1.82, 2.24) is 0 Å². The minimum atomic E-state index is -3.96. The minimum Gasteiger partial charge on any atom is -0.489 e. The van der Waals surface area contributed by atoms with Gasteiger partial charge >= 0.3 is 0 Å². The summed E-state index contributed by atoms with van der Waals surface area (Å²) < 4.78 is 37.4. The van der Waals surface area contributed by atoms with Crippen molar-refractivity contribution in [3.8, 4) is 5.75 Å². The van der Waals surface area contributed by atoms with Crippen LogP contribution in [0.1, 0.15) is 5.56 Å². The molecule has 0 fully saturated rings.